The Morgan fingerprint density at radius 1 is 1.57 bits per heavy atom. The minimum atomic E-state index is -0.0629. The fourth-order valence-corrected chi connectivity index (χ4v) is 3.26. The first kappa shape index (κ1) is 17.7. The van der Waals surface area contributed by atoms with E-state index < -0.39 is 0 Å². The maximum atomic E-state index is 12.3. The number of thioether (sulfide) groups is 1. The summed E-state index contributed by atoms with van der Waals surface area (Å²) < 4.78 is 0. The average molecular weight is 354 g/mol. The van der Waals surface area contributed by atoms with E-state index in [2.05, 4.69) is 20.2 Å². The lowest BCUT2D eigenvalue weighted by atomic mass is 10.2. The minimum Gasteiger partial charge on any atom is -0.348 e. The summed E-state index contributed by atoms with van der Waals surface area (Å²) in [5.74, 6) is 0.803. The summed E-state index contributed by atoms with van der Waals surface area (Å²) in [5, 5.41) is 3.96. The van der Waals surface area contributed by atoms with Gasteiger partial charge < -0.3 is 20.9 Å². The van der Waals surface area contributed by atoms with Crippen molar-refractivity contribution in [2.24, 2.45) is 5.73 Å². The zero-order valence-corrected chi connectivity index (χ0v) is 14.4. The number of carbonyl (C=O) groups is 1. The number of aromatic amines is 1. The first-order valence-electron chi connectivity index (χ1n) is 7.23. The Bertz CT molecular complexity index is 717. The van der Waals surface area contributed by atoms with E-state index in [0.717, 1.165) is 29.0 Å². The van der Waals surface area contributed by atoms with Crippen LogP contribution in [0.2, 0.25) is 0 Å². The van der Waals surface area contributed by atoms with E-state index in [4.69, 9.17) is 5.73 Å². The van der Waals surface area contributed by atoms with Crippen molar-refractivity contribution in [1.82, 2.24) is 15.3 Å². The fourth-order valence-electron chi connectivity index (χ4n) is 2.36. The monoisotopic (exact) mass is 353 g/mol. The van der Waals surface area contributed by atoms with Crippen LogP contribution in [0.5, 0.6) is 0 Å². The molecule has 1 atom stereocenters. The molecule has 0 saturated carbocycles. The van der Waals surface area contributed by atoms with Gasteiger partial charge >= 0.3 is 0 Å². The predicted octanol–water partition coefficient (Wildman–Crippen LogP) is 1.84. The molecule has 2 aromatic heterocycles. The molecule has 124 valence electrons. The Kier molecular flexibility index (Phi) is 5.92. The largest absolute Gasteiger partial charge is 0.348 e. The van der Waals surface area contributed by atoms with E-state index in [9.17, 15) is 4.79 Å². The highest BCUT2D eigenvalue weighted by atomic mass is 35.5. The van der Waals surface area contributed by atoms with Gasteiger partial charge in [-0.2, -0.15) is 0 Å². The molecular formula is C15H20ClN5OS. The highest BCUT2D eigenvalue weighted by molar-refractivity contribution is 8.04. The number of hydrogen-bond acceptors (Lipinski definition) is 5. The van der Waals surface area contributed by atoms with Crippen molar-refractivity contribution in [2.75, 3.05) is 23.7 Å². The maximum Gasteiger partial charge on any atom is 0.259 e. The molecule has 3 heterocycles. The average Bonchev–Trinajstić information content (AvgIpc) is 3.03. The standard InChI is InChI=1S/C15H19N5OS.ClH/c1-10(8-16)19-15(21)13-9-20(6-7-22-13)12-3-5-18-14-11(12)2-4-17-14;/h2-5,9-10H,6-8,16H2,1H3,(H,17,18)(H,19,21);1H/t10-;/m1./s1. The third kappa shape index (κ3) is 3.80. The number of nitrogens with two attached hydrogens (primary N) is 1. The SMILES string of the molecule is C[C@H](CN)NC(=O)C1=CN(c2ccnc3[nH]ccc23)CCS1.Cl. The summed E-state index contributed by atoms with van der Waals surface area (Å²) in [5.41, 5.74) is 7.47. The number of halogens is 1. The van der Waals surface area contributed by atoms with Gasteiger partial charge in [-0.15, -0.1) is 24.2 Å². The van der Waals surface area contributed by atoms with Crippen LogP contribution in [-0.2, 0) is 4.79 Å². The molecular weight excluding hydrogens is 334 g/mol. The van der Waals surface area contributed by atoms with Crippen molar-refractivity contribution in [3.8, 4) is 0 Å². The fraction of sp³-hybridized carbons (Fsp3) is 0.333. The van der Waals surface area contributed by atoms with Gasteiger partial charge in [0.15, 0.2) is 0 Å². The van der Waals surface area contributed by atoms with Crippen LogP contribution in [0.1, 0.15) is 6.92 Å². The minimum absolute atomic E-state index is 0. The second-order valence-corrected chi connectivity index (χ2v) is 6.35. The zero-order chi connectivity index (χ0) is 15.5. The number of anilines is 1. The van der Waals surface area contributed by atoms with Gasteiger partial charge in [-0.3, -0.25) is 4.79 Å². The Hall–Kier alpha value is -1.70. The van der Waals surface area contributed by atoms with Crippen molar-refractivity contribution in [1.29, 1.82) is 0 Å². The predicted molar refractivity (Wildman–Crippen MR) is 97.9 cm³/mol. The summed E-state index contributed by atoms with van der Waals surface area (Å²) in [6.07, 6.45) is 5.56. The molecule has 0 bridgehead atoms. The summed E-state index contributed by atoms with van der Waals surface area (Å²) in [4.78, 5) is 22.5. The van der Waals surface area contributed by atoms with E-state index in [1.165, 1.54) is 0 Å². The smallest absolute Gasteiger partial charge is 0.259 e. The summed E-state index contributed by atoms with van der Waals surface area (Å²) in [6.45, 7) is 3.19. The lowest BCUT2D eigenvalue weighted by Gasteiger charge is -2.27. The molecule has 0 saturated heterocycles. The van der Waals surface area contributed by atoms with Crippen LogP contribution in [0.3, 0.4) is 0 Å². The Labute approximate surface area is 145 Å². The number of amides is 1. The van der Waals surface area contributed by atoms with Crippen molar-refractivity contribution in [3.05, 3.63) is 35.6 Å². The van der Waals surface area contributed by atoms with Gasteiger partial charge in [0.2, 0.25) is 0 Å². The molecule has 0 unspecified atom stereocenters. The molecule has 8 heteroatoms. The molecule has 1 amide bonds. The van der Waals surface area contributed by atoms with Crippen LogP contribution in [0, 0.1) is 0 Å². The summed E-state index contributed by atoms with van der Waals surface area (Å²) in [6, 6.07) is 3.95. The van der Waals surface area contributed by atoms with Gasteiger partial charge in [0, 0.05) is 48.9 Å². The first-order chi connectivity index (χ1) is 10.7. The molecule has 3 rings (SSSR count). The third-order valence-electron chi connectivity index (χ3n) is 3.56. The first-order valence-corrected chi connectivity index (χ1v) is 8.22. The molecule has 0 radical (unpaired) electrons. The van der Waals surface area contributed by atoms with Gasteiger partial charge in [-0.25, -0.2) is 4.98 Å². The van der Waals surface area contributed by atoms with Crippen LogP contribution >= 0.6 is 24.2 Å². The van der Waals surface area contributed by atoms with E-state index in [1.54, 1.807) is 18.0 Å². The lowest BCUT2D eigenvalue weighted by Crippen LogP contribution is -2.39. The van der Waals surface area contributed by atoms with E-state index in [1.807, 2.05) is 31.5 Å². The van der Waals surface area contributed by atoms with Crippen LogP contribution in [0.15, 0.2) is 35.6 Å². The lowest BCUT2D eigenvalue weighted by molar-refractivity contribution is -0.117. The van der Waals surface area contributed by atoms with Crippen molar-refractivity contribution < 1.29 is 4.79 Å². The summed E-state index contributed by atoms with van der Waals surface area (Å²) in [7, 11) is 0. The maximum absolute atomic E-state index is 12.3. The van der Waals surface area contributed by atoms with Crippen LogP contribution in [0.25, 0.3) is 11.0 Å². The highest BCUT2D eigenvalue weighted by Crippen LogP contribution is 2.30. The molecule has 1 aliphatic heterocycles. The number of nitrogens with one attached hydrogen (secondary N) is 2. The zero-order valence-electron chi connectivity index (χ0n) is 12.8. The van der Waals surface area contributed by atoms with Gasteiger partial charge in [0.1, 0.15) is 5.65 Å². The molecule has 6 nitrogen and oxygen atoms in total. The van der Waals surface area contributed by atoms with Gasteiger partial charge in [-0.05, 0) is 19.1 Å². The third-order valence-corrected chi connectivity index (χ3v) is 4.55. The quantitative estimate of drug-likeness (QED) is 0.780. The normalized spacial score (nSPS) is 15.7. The van der Waals surface area contributed by atoms with Crippen molar-refractivity contribution >= 4 is 46.8 Å². The van der Waals surface area contributed by atoms with Gasteiger partial charge in [0.05, 0.1) is 10.6 Å². The number of carbonyl (C=O) groups excluding carboxylic acids is 1. The Morgan fingerprint density at radius 2 is 2.39 bits per heavy atom. The van der Waals surface area contributed by atoms with Crippen LogP contribution in [0.4, 0.5) is 5.69 Å². The number of H-pyrrole nitrogens is 1. The molecule has 4 N–H and O–H groups in total. The highest BCUT2D eigenvalue weighted by Gasteiger charge is 2.20. The Morgan fingerprint density at radius 3 is 3.17 bits per heavy atom. The van der Waals surface area contributed by atoms with E-state index in [0.29, 0.717) is 11.4 Å². The molecule has 2 aromatic rings. The van der Waals surface area contributed by atoms with Crippen molar-refractivity contribution in [2.45, 2.75) is 13.0 Å². The molecule has 23 heavy (non-hydrogen) atoms. The molecule has 0 fully saturated rings. The van der Waals surface area contributed by atoms with Crippen molar-refractivity contribution in [3.63, 3.8) is 0 Å². The number of nitrogens with zero attached hydrogens (tertiary/aromatic N) is 2. The van der Waals surface area contributed by atoms with Crippen LogP contribution in [-0.4, -0.2) is 40.8 Å². The van der Waals surface area contributed by atoms with E-state index >= 15 is 0 Å². The van der Waals surface area contributed by atoms with E-state index in [-0.39, 0.29) is 24.4 Å². The number of fused-ring (bicyclic) bond motifs is 1. The second kappa shape index (κ2) is 7.72. The van der Waals surface area contributed by atoms with Gasteiger partial charge in [-0.1, -0.05) is 0 Å². The molecule has 0 aliphatic carbocycles. The molecule has 0 spiro atoms. The molecule has 1 aliphatic rings. The topological polar surface area (TPSA) is 87.0 Å². The van der Waals surface area contributed by atoms with Gasteiger partial charge in [0.25, 0.3) is 5.91 Å². The summed E-state index contributed by atoms with van der Waals surface area (Å²) >= 11 is 1.57. The number of hydrogen-bond donors (Lipinski definition) is 3. The number of rotatable bonds is 4. The number of pyridine rings is 1. The number of aromatic nitrogens is 2. The molecule has 0 aromatic carbocycles. The van der Waals surface area contributed by atoms with Crippen LogP contribution < -0.4 is 16.0 Å². The second-order valence-electron chi connectivity index (χ2n) is 5.22. The Balaban J connectivity index is 0.00000192.